The molecule has 4 heteroatoms. The number of nitrogens with two attached hydrogens (primary N) is 1. The van der Waals surface area contributed by atoms with Crippen LogP contribution < -0.4 is 5.73 Å². The lowest BCUT2D eigenvalue weighted by atomic mass is 9.85. The zero-order valence-electron chi connectivity index (χ0n) is 11.3. The number of nitrogens with zero attached hydrogens (tertiary/aromatic N) is 1. The first-order chi connectivity index (χ1) is 8.02. The van der Waals surface area contributed by atoms with E-state index in [-0.39, 0.29) is 11.8 Å². The fourth-order valence-corrected chi connectivity index (χ4v) is 3.10. The van der Waals surface area contributed by atoms with Crippen LogP contribution in [0.4, 0.5) is 0 Å². The third-order valence-corrected chi connectivity index (χ3v) is 3.91. The molecule has 0 radical (unpaired) electrons. The first-order valence-electron chi connectivity index (χ1n) is 6.76. The highest BCUT2D eigenvalue weighted by Gasteiger charge is 2.45. The van der Waals surface area contributed by atoms with Gasteiger partial charge in [0.05, 0.1) is 13.2 Å². The number of ether oxygens (including phenoxy) is 2. The Bertz CT molecular complexity index is 252. The molecule has 1 spiro atoms. The molecule has 1 aliphatic heterocycles. The summed E-state index contributed by atoms with van der Waals surface area (Å²) in [4.78, 5) is 2.38. The van der Waals surface area contributed by atoms with Crippen molar-refractivity contribution >= 4 is 0 Å². The maximum absolute atomic E-state index is 6.25. The highest BCUT2D eigenvalue weighted by atomic mass is 16.7. The predicted molar refractivity (Wildman–Crippen MR) is 67.7 cm³/mol. The SMILES string of the molecule is CC(C)CN(C)C1CC2(CCC1N)OCCO2. The molecule has 0 bridgehead atoms. The van der Waals surface area contributed by atoms with Gasteiger partial charge in [0.25, 0.3) is 0 Å². The van der Waals surface area contributed by atoms with Crippen LogP contribution in [0.5, 0.6) is 0 Å². The molecule has 0 amide bonds. The molecule has 4 nitrogen and oxygen atoms in total. The van der Waals surface area contributed by atoms with Gasteiger partial charge in [0, 0.05) is 31.5 Å². The predicted octanol–water partition coefficient (Wildman–Crippen LogP) is 1.20. The molecule has 1 saturated carbocycles. The molecule has 2 N–H and O–H groups in total. The van der Waals surface area contributed by atoms with Gasteiger partial charge in [-0.2, -0.15) is 0 Å². The van der Waals surface area contributed by atoms with Gasteiger partial charge in [-0.15, -0.1) is 0 Å². The summed E-state index contributed by atoms with van der Waals surface area (Å²) in [7, 11) is 2.17. The summed E-state index contributed by atoms with van der Waals surface area (Å²) in [6.07, 6.45) is 2.85. The summed E-state index contributed by atoms with van der Waals surface area (Å²) >= 11 is 0. The van der Waals surface area contributed by atoms with E-state index >= 15 is 0 Å². The van der Waals surface area contributed by atoms with E-state index in [2.05, 4.69) is 25.8 Å². The Labute approximate surface area is 104 Å². The van der Waals surface area contributed by atoms with E-state index in [9.17, 15) is 0 Å². The Kier molecular flexibility index (Phi) is 4.08. The van der Waals surface area contributed by atoms with E-state index in [1.807, 2.05) is 0 Å². The average molecular weight is 242 g/mol. The molecule has 0 aromatic heterocycles. The van der Waals surface area contributed by atoms with Gasteiger partial charge in [-0.05, 0) is 19.4 Å². The normalized spacial score (nSPS) is 32.8. The number of rotatable bonds is 3. The average Bonchev–Trinajstić information content (AvgIpc) is 2.70. The van der Waals surface area contributed by atoms with Gasteiger partial charge >= 0.3 is 0 Å². The molecular formula is C13H26N2O2. The number of hydrogen-bond donors (Lipinski definition) is 1. The van der Waals surface area contributed by atoms with Crippen molar-refractivity contribution in [1.29, 1.82) is 0 Å². The molecule has 0 aromatic rings. The molecule has 1 saturated heterocycles. The first kappa shape index (κ1) is 13.3. The largest absolute Gasteiger partial charge is 0.347 e. The van der Waals surface area contributed by atoms with Gasteiger partial charge in [-0.1, -0.05) is 13.8 Å². The van der Waals surface area contributed by atoms with Crippen LogP contribution in [0.15, 0.2) is 0 Å². The second-order valence-electron chi connectivity index (χ2n) is 5.92. The number of hydrogen-bond acceptors (Lipinski definition) is 4. The molecule has 1 aliphatic carbocycles. The van der Waals surface area contributed by atoms with Crippen molar-refractivity contribution in [2.75, 3.05) is 26.8 Å². The Hall–Kier alpha value is -0.160. The molecule has 2 rings (SSSR count). The van der Waals surface area contributed by atoms with Crippen molar-refractivity contribution < 1.29 is 9.47 Å². The smallest absolute Gasteiger partial charge is 0.170 e. The second kappa shape index (κ2) is 5.22. The first-order valence-corrected chi connectivity index (χ1v) is 6.76. The van der Waals surface area contributed by atoms with Crippen molar-refractivity contribution in [3.8, 4) is 0 Å². The Morgan fingerprint density at radius 2 is 2.00 bits per heavy atom. The Balaban J connectivity index is 1.99. The minimum atomic E-state index is -0.328. The van der Waals surface area contributed by atoms with Crippen molar-refractivity contribution in [3.05, 3.63) is 0 Å². The molecular weight excluding hydrogens is 216 g/mol. The van der Waals surface area contributed by atoms with E-state index in [1.54, 1.807) is 0 Å². The van der Waals surface area contributed by atoms with Gasteiger partial charge in [0.1, 0.15) is 0 Å². The molecule has 2 unspecified atom stereocenters. The van der Waals surface area contributed by atoms with Crippen molar-refractivity contribution in [3.63, 3.8) is 0 Å². The second-order valence-corrected chi connectivity index (χ2v) is 5.92. The highest BCUT2D eigenvalue weighted by Crippen LogP contribution is 2.37. The van der Waals surface area contributed by atoms with E-state index < -0.39 is 0 Å². The van der Waals surface area contributed by atoms with Gasteiger partial charge in [0.15, 0.2) is 5.79 Å². The zero-order valence-corrected chi connectivity index (χ0v) is 11.3. The molecule has 2 aliphatic rings. The molecule has 2 fully saturated rings. The van der Waals surface area contributed by atoms with Gasteiger partial charge < -0.3 is 20.1 Å². The van der Waals surface area contributed by atoms with Crippen LogP contribution in [0.25, 0.3) is 0 Å². The maximum Gasteiger partial charge on any atom is 0.170 e. The molecule has 0 aromatic carbocycles. The van der Waals surface area contributed by atoms with Gasteiger partial charge in [-0.25, -0.2) is 0 Å². The Morgan fingerprint density at radius 3 is 2.59 bits per heavy atom. The summed E-state index contributed by atoms with van der Waals surface area (Å²) in [5.41, 5.74) is 6.25. The van der Waals surface area contributed by atoms with Crippen LogP contribution >= 0.6 is 0 Å². The van der Waals surface area contributed by atoms with Crippen LogP contribution in [0.2, 0.25) is 0 Å². The third kappa shape index (κ3) is 2.99. The fourth-order valence-electron chi connectivity index (χ4n) is 3.10. The van der Waals surface area contributed by atoms with Crippen molar-refractivity contribution in [1.82, 2.24) is 4.90 Å². The minimum Gasteiger partial charge on any atom is -0.347 e. The van der Waals surface area contributed by atoms with E-state index in [1.165, 1.54) is 0 Å². The minimum absolute atomic E-state index is 0.247. The van der Waals surface area contributed by atoms with Crippen molar-refractivity contribution in [2.24, 2.45) is 11.7 Å². The number of likely N-dealkylation sites (N-methyl/N-ethyl adjacent to an activating group) is 1. The van der Waals surface area contributed by atoms with Crippen LogP contribution in [-0.2, 0) is 9.47 Å². The molecule has 17 heavy (non-hydrogen) atoms. The lowest BCUT2D eigenvalue weighted by molar-refractivity contribution is -0.191. The van der Waals surface area contributed by atoms with Gasteiger partial charge in [0.2, 0.25) is 0 Å². The summed E-state index contributed by atoms with van der Waals surface area (Å²) in [5.74, 6) is 0.335. The quantitative estimate of drug-likeness (QED) is 0.808. The van der Waals surface area contributed by atoms with Crippen LogP contribution in [-0.4, -0.2) is 49.6 Å². The summed E-state index contributed by atoms with van der Waals surface area (Å²) in [6, 6.07) is 0.626. The summed E-state index contributed by atoms with van der Waals surface area (Å²) in [5, 5.41) is 0. The van der Waals surface area contributed by atoms with Crippen molar-refractivity contribution in [2.45, 2.75) is 51.0 Å². The van der Waals surface area contributed by atoms with E-state index in [4.69, 9.17) is 15.2 Å². The lowest BCUT2D eigenvalue weighted by Gasteiger charge is -2.44. The third-order valence-electron chi connectivity index (χ3n) is 3.91. The summed E-state index contributed by atoms with van der Waals surface area (Å²) in [6.45, 7) is 7.02. The monoisotopic (exact) mass is 242 g/mol. The van der Waals surface area contributed by atoms with E-state index in [0.717, 1.165) is 39.0 Å². The van der Waals surface area contributed by atoms with Crippen LogP contribution in [0.1, 0.15) is 33.1 Å². The molecule has 1 heterocycles. The zero-order chi connectivity index (χ0) is 12.5. The molecule has 100 valence electrons. The fraction of sp³-hybridized carbons (Fsp3) is 1.00. The maximum atomic E-state index is 6.25. The standard InChI is InChI=1S/C13H26N2O2/c1-10(2)9-15(3)12-8-13(5-4-11(12)14)16-6-7-17-13/h10-12H,4-9,14H2,1-3H3. The van der Waals surface area contributed by atoms with Crippen LogP contribution in [0.3, 0.4) is 0 Å². The Morgan fingerprint density at radius 1 is 1.35 bits per heavy atom. The van der Waals surface area contributed by atoms with Gasteiger partial charge in [-0.3, -0.25) is 0 Å². The summed E-state index contributed by atoms with van der Waals surface area (Å²) < 4.78 is 11.6. The lowest BCUT2D eigenvalue weighted by Crippen LogP contribution is -2.55. The van der Waals surface area contributed by atoms with Crippen LogP contribution in [0, 0.1) is 5.92 Å². The van der Waals surface area contributed by atoms with E-state index in [0.29, 0.717) is 12.0 Å². The highest BCUT2D eigenvalue weighted by molar-refractivity contribution is 4.94. The topological polar surface area (TPSA) is 47.7 Å². The molecule has 2 atom stereocenters.